The van der Waals surface area contributed by atoms with Crippen LogP contribution >= 0.6 is 0 Å². The minimum atomic E-state index is -0.469. The summed E-state index contributed by atoms with van der Waals surface area (Å²) in [6, 6.07) is 5.18. The lowest BCUT2D eigenvalue weighted by Gasteiger charge is -2.33. The van der Waals surface area contributed by atoms with Gasteiger partial charge in [0.05, 0.1) is 4.92 Å². The van der Waals surface area contributed by atoms with Crippen LogP contribution in [0.15, 0.2) is 18.2 Å². The van der Waals surface area contributed by atoms with Crippen molar-refractivity contribution in [2.75, 3.05) is 19.6 Å². The molecule has 1 heterocycles. The van der Waals surface area contributed by atoms with Gasteiger partial charge in [-0.2, -0.15) is 0 Å². The lowest BCUT2D eigenvalue weighted by molar-refractivity contribution is -0.385. The molecule has 25 heavy (non-hydrogen) atoms. The minimum Gasteiger partial charge on any atom is -0.350 e. The first-order chi connectivity index (χ1) is 12.0. The Morgan fingerprint density at radius 3 is 2.48 bits per heavy atom. The average Bonchev–Trinajstić information content (AvgIpc) is 3.12. The number of likely N-dealkylation sites (tertiary alicyclic amines) is 1. The number of hydrogen-bond acceptors (Lipinski definition) is 4. The van der Waals surface area contributed by atoms with Gasteiger partial charge in [0, 0.05) is 18.2 Å². The number of hydrogen-bond donors (Lipinski definition) is 1. The predicted octanol–water partition coefficient (Wildman–Crippen LogP) is 3.53. The fourth-order valence-electron chi connectivity index (χ4n) is 3.88. The van der Waals surface area contributed by atoms with E-state index in [1.807, 2.05) is 0 Å². The number of amides is 1. The molecule has 0 bridgehead atoms. The first kappa shape index (κ1) is 19.4. The number of nitro groups is 1. The summed E-state index contributed by atoms with van der Waals surface area (Å²) in [7, 11) is 0. The van der Waals surface area contributed by atoms with Crippen molar-refractivity contribution in [2.24, 2.45) is 5.92 Å². The second-order valence-electron chi connectivity index (χ2n) is 6.83. The highest BCUT2D eigenvalue weighted by Crippen LogP contribution is 2.24. The number of benzene rings is 1. The fourth-order valence-corrected chi connectivity index (χ4v) is 3.88. The van der Waals surface area contributed by atoms with E-state index in [1.165, 1.54) is 18.9 Å². The van der Waals surface area contributed by atoms with Gasteiger partial charge in [-0.1, -0.05) is 38.8 Å². The highest BCUT2D eigenvalue weighted by molar-refractivity contribution is 5.98. The Bertz CT molecular complexity index is 606. The molecule has 6 nitrogen and oxygen atoms in total. The number of nitrogens with zero attached hydrogens (tertiary/aromatic N) is 2. The molecule has 1 amide bonds. The maximum atomic E-state index is 12.6. The van der Waals surface area contributed by atoms with Crippen molar-refractivity contribution in [1.29, 1.82) is 0 Å². The predicted molar refractivity (Wildman–Crippen MR) is 98.8 cm³/mol. The van der Waals surface area contributed by atoms with Gasteiger partial charge in [-0.15, -0.1) is 0 Å². The average molecular weight is 347 g/mol. The Morgan fingerprint density at radius 1 is 1.28 bits per heavy atom. The second kappa shape index (κ2) is 8.94. The summed E-state index contributed by atoms with van der Waals surface area (Å²) in [5.74, 6) is 0.163. The zero-order valence-corrected chi connectivity index (χ0v) is 15.5. The van der Waals surface area contributed by atoms with Crippen LogP contribution in [0.25, 0.3) is 0 Å². The largest absolute Gasteiger partial charge is 0.350 e. The van der Waals surface area contributed by atoms with E-state index >= 15 is 0 Å². The zero-order chi connectivity index (χ0) is 18.4. The normalized spacial score (nSPS) is 16.2. The third-order valence-corrected chi connectivity index (χ3v) is 5.34. The van der Waals surface area contributed by atoms with Crippen LogP contribution in [0.1, 0.15) is 55.5 Å². The van der Waals surface area contributed by atoms with Crippen LogP contribution in [0.4, 0.5) is 5.69 Å². The molecule has 6 heteroatoms. The van der Waals surface area contributed by atoms with Crippen LogP contribution < -0.4 is 5.32 Å². The van der Waals surface area contributed by atoms with Crippen molar-refractivity contribution in [3.05, 3.63) is 39.4 Å². The molecule has 1 aliphatic heterocycles. The summed E-state index contributed by atoms with van der Waals surface area (Å²) < 4.78 is 0. The van der Waals surface area contributed by atoms with E-state index in [1.54, 1.807) is 19.1 Å². The minimum absolute atomic E-state index is 0.0970. The topological polar surface area (TPSA) is 75.5 Å². The summed E-state index contributed by atoms with van der Waals surface area (Å²) >= 11 is 0. The third kappa shape index (κ3) is 4.57. The van der Waals surface area contributed by atoms with Crippen molar-refractivity contribution in [1.82, 2.24) is 10.2 Å². The quantitative estimate of drug-likeness (QED) is 0.576. The highest BCUT2D eigenvalue weighted by Gasteiger charge is 2.29. The van der Waals surface area contributed by atoms with Crippen molar-refractivity contribution in [2.45, 2.75) is 52.5 Å². The van der Waals surface area contributed by atoms with Crippen LogP contribution in [0.5, 0.6) is 0 Å². The van der Waals surface area contributed by atoms with Gasteiger partial charge in [-0.25, -0.2) is 0 Å². The highest BCUT2D eigenvalue weighted by atomic mass is 16.6. The number of nitrogens with one attached hydrogen (secondary N) is 1. The summed E-state index contributed by atoms with van der Waals surface area (Å²) in [6.07, 6.45) is 4.54. The molecule has 1 aliphatic rings. The Morgan fingerprint density at radius 2 is 1.92 bits per heavy atom. The van der Waals surface area contributed by atoms with Gasteiger partial charge in [0.15, 0.2) is 0 Å². The number of aryl methyl sites for hydroxylation is 1. The van der Waals surface area contributed by atoms with E-state index in [0.29, 0.717) is 24.1 Å². The van der Waals surface area contributed by atoms with Gasteiger partial charge >= 0.3 is 0 Å². The molecule has 1 aromatic rings. The lowest BCUT2D eigenvalue weighted by Crippen LogP contribution is -2.47. The number of rotatable bonds is 8. The second-order valence-corrected chi connectivity index (χ2v) is 6.83. The van der Waals surface area contributed by atoms with Crippen molar-refractivity contribution in [3.8, 4) is 0 Å². The van der Waals surface area contributed by atoms with Gasteiger partial charge in [0.25, 0.3) is 11.6 Å². The van der Waals surface area contributed by atoms with Crippen LogP contribution in [0.2, 0.25) is 0 Å². The van der Waals surface area contributed by atoms with Crippen LogP contribution in [-0.2, 0) is 0 Å². The van der Waals surface area contributed by atoms with Gasteiger partial charge in [0.1, 0.15) is 5.56 Å². The van der Waals surface area contributed by atoms with Crippen LogP contribution in [0, 0.1) is 23.0 Å². The maximum absolute atomic E-state index is 12.6. The summed E-state index contributed by atoms with van der Waals surface area (Å²) in [5.41, 5.74) is 0.559. The maximum Gasteiger partial charge on any atom is 0.285 e. The molecule has 1 N–H and O–H groups in total. The van der Waals surface area contributed by atoms with E-state index < -0.39 is 4.92 Å². The molecule has 2 rings (SSSR count). The van der Waals surface area contributed by atoms with E-state index in [2.05, 4.69) is 24.1 Å². The Balaban J connectivity index is 2.13. The number of para-hydroxylation sites is 1. The Kier molecular flexibility index (Phi) is 6.93. The lowest BCUT2D eigenvalue weighted by atomic mass is 9.92. The molecule has 0 spiro atoms. The molecule has 1 saturated heterocycles. The van der Waals surface area contributed by atoms with Crippen molar-refractivity contribution < 1.29 is 9.72 Å². The monoisotopic (exact) mass is 347 g/mol. The number of nitro benzene ring substituents is 1. The summed E-state index contributed by atoms with van der Waals surface area (Å²) in [5, 5.41) is 14.3. The molecule has 0 saturated carbocycles. The van der Waals surface area contributed by atoms with E-state index in [9.17, 15) is 14.9 Å². The Hall–Kier alpha value is -1.95. The number of carbonyl (C=O) groups is 1. The molecular weight excluding hydrogens is 318 g/mol. The van der Waals surface area contributed by atoms with E-state index in [0.717, 1.165) is 25.9 Å². The first-order valence-corrected chi connectivity index (χ1v) is 9.25. The van der Waals surface area contributed by atoms with Crippen LogP contribution in [-0.4, -0.2) is 41.4 Å². The van der Waals surface area contributed by atoms with E-state index in [4.69, 9.17) is 0 Å². The van der Waals surface area contributed by atoms with Crippen LogP contribution in [0.3, 0.4) is 0 Å². The molecule has 1 fully saturated rings. The molecule has 0 aliphatic carbocycles. The fraction of sp³-hybridized carbons (Fsp3) is 0.632. The molecule has 1 atom stereocenters. The van der Waals surface area contributed by atoms with Crippen molar-refractivity contribution >= 4 is 11.6 Å². The first-order valence-electron chi connectivity index (χ1n) is 9.25. The molecular formula is C19H29N3O3. The van der Waals surface area contributed by atoms with Gasteiger partial charge in [0.2, 0.25) is 0 Å². The SMILES string of the molecule is CCC(CC)[C@H](CNC(=O)c1cccc(C)c1[N+](=O)[O-])N1CCCC1. The van der Waals surface area contributed by atoms with Gasteiger partial charge < -0.3 is 5.32 Å². The molecule has 0 aromatic heterocycles. The molecule has 138 valence electrons. The zero-order valence-electron chi connectivity index (χ0n) is 15.5. The molecule has 0 unspecified atom stereocenters. The molecule has 1 aromatic carbocycles. The third-order valence-electron chi connectivity index (χ3n) is 5.34. The van der Waals surface area contributed by atoms with Gasteiger partial charge in [-0.05, 0) is 44.8 Å². The van der Waals surface area contributed by atoms with Crippen molar-refractivity contribution in [3.63, 3.8) is 0 Å². The smallest absolute Gasteiger partial charge is 0.285 e. The standard InChI is InChI=1S/C19H29N3O3/c1-4-15(5-2)17(21-11-6-7-12-21)13-20-19(23)16-10-8-9-14(3)18(16)22(24)25/h8-10,15,17H,4-7,11-13H2,1-3H3,(H,20,23)/t17-/m0/s1. The Labute approximate surface area is 149 Å². The van der Waals surface area contributed by atoms with E-state index in [-0.39, 0.29) is 17.2 Å². The summed E-state index contributed by atoms with van der Waals surface area (Å²) in [4.78, 5) is 25.9. The van der Waals surface area contributed by atoms with Gasteiger partial charge in [-0.3, -0.25) is 19.8 Å². The summed E-state index contributed by atoms with van der Waals surface area (Å²) in [6.45, 7) is 8.71. The number of carbonyl (C=O) groups excluding carboxylic acids is 1. The molecule has 0 radical (unpaired) electrons.